The molecule has 2 N–H and O–H groups in total. The number of hydrogen-bond donors (Lipinski definition) is 2. The SMILES string of the molecule is C=C(C(=O)Nc1ccc(CN2CCN(C)CC2)nc1)c1cc(-c2cncc(CN3CCCCC3)c2)ccc1NC. The number of piperazine rings is 1. The largest absolute Gasteiger partial charge is 0.388 e. The number of aromatic nitrogens is 2. The summed E-state index contributed by atoms with van der Waals surface area (Å²) in [5.41, 5.74) is 6.91. The number of likely N-dealkylation sites (tertiary alicyclic amines) is 1. The number of anilines is 2. The normalized spacial score (nSPS) is 16.9. The van der Waals surface area contributed by atoms with E-state index in [9.17, 15) is 4.79 Å². The van der Waals surface area contributed by atoms with Crippen molar-refractivity contribution in [1.29, 1.82) is 0 Å². The summed E-state index contributed by atoms with van der Waals surface area (Å²) in [7, 11) is 4.01. The molecule has 5 rings (SSSR count). The van der Waals surface area contributed by atoms with Gasteiger partial charge in [0, 0.05) is 81.1 Å². The molecule has 0 aliphatic carbocycles. The minimum atomic E-state index is -0.251. The van der Waals surface area contributed by atoms with Crippen LogP contribution in [0.2, 0.25) is 0 Å². The van der Waals surface area contributed by atoms with Crippen LogP contribution in [0.3, 0.4) is 0 Å². The lowest BCUT2D eigenvalue weighted by Gasteiger charge is -2.32. The third kappa shape index (κ3) is 7.13. The summed E-state index contributed by atoms with van der Waals surface area (Å²) in [6.07, 6.45) is 9.43. The summed E-state index contributed by atoms with van der Waals surface area (Å²) in [5, 5.41) is 6.18. The molecular weight excluding hydrogens is 498 g/mol. The second kappa shape index (κ2) is 13.2. The van der Waals surface area contributed by atoms with Crippen molar-refractivity contribution in [2.75, 3.05) is 64.0 Å². The molecule has 8 nitrogen and oxygen atoms in total. The molecule has 2 aromatic heterocycles. The maximum atomic E-state index is 13.2. The van der Waals surface area contributed by atoms with Gasteiger partial charge in [0.1, 0.15) is 0 Å². The Morgan fingerprint density at radius 1 is 0.875 bits per heavy atom. The van der Waals surface area contributed by atoms with E-state index in [0.717, 1.165) is 80.4 Å². The Morgan fingerprint density at radius 2 is 1.65 bits per heavy atom. The average molecular weight is 540 g/mol. The van der Waals surface area contributed by atoms with Crippen molar-refractivity contribution in [3.05, 3.63) is 78.4 Å². The smallest absolute Gasteiger partial charge is 0.255 e. The summed E-state index contributed by atoms with van der Waals surface area (Å²) in [5.74, 6) is -0.251. The predicted molar refractivity (Wildman–Crippen MR) is 163 cm³/mol. The van der Waals surface area contributed by atoms with Gasteiger partial charge in [-0.25, -0.2) is 0 Å². The lowest BCUT2D eigenvalue weighted by Crippen LogP contribution is -2.43. The van der Waals surface area contributed by atoms with Crippen LogP contribution in [0.4, 0.5) is 11.4 Å². The molecule has 8 heteroatoms. The summed E-state index contributed by atoms with van der Waals surface area (Å²) in [4.78, 5) is 29.6. The van der Waals surface area contributed by atoms with Crippen molar-refractivity contribution in [3.8, 4) is 11.1 Å². The van der Waals surface area contributed by atoms with Gasteiger partial charge in [-0.3, -0.25) is 24.6 Å². The fourth-order valence-corrected chi connectivity index (χ4v) is 5.46. The molecule has 0 atom stereocenters. The quantitative estimate of drug-likeness (QED) is 0.386. The van der Waals surface area contributed by atoms with E-state index < -0.39 is 0 Å². The number of nitrogens with one attached hydrogen (secondary N) is 2. The molecule has 2 aliphatic rings. The first-order chi connectivity index (χ1) is 19.5. The van der Waals surface area contributed by atoms with Crippen LogP contribution in [-0.4, -0.2) is 83.9 Å². The van der Waals surface area contributed by atoms with E-state index >= 15 is 0 Å². The standard InChI is InChI=1S/C32H41N7O/c1-24(32(40)36-28-8-9-29(35-21-28)23-39-15-13-37(3)14-16-39)30-18-26(7-10-31(30)33-2)27-17-25(19-34-20-27)22-38-11-5-4-6-12-38/h7-10,17-21,33H,1,4-6,11-16,22-23H2,2-3H3,(H,36,40). The molecule has 0 unspecified atom stereocenters. The lowest BCUT2D eigenvalue weighted by molar-refractivity contribution is -0.111. The van der Waals surface area contributed by atoms with Gasteiger partial charge in [0.25, 0.3) is 5.91 Å². The van der Waals surface area contributed by atoms with Crippen LogP contribution in [-0.2, 0) is 17.9 Å². The number of amides is 1. The summed E-state index contributed by atoms with van der Waals surface area (Å²) >= 11 is 0. The zero-order chi connectivity index (χ0) is 27.9. The topological polar surface area (TPSA) is 76.6 Å². The minimum absolute atomic E-state index is 0.251. The highest BCUT2D eigenvalue weighted by Gasteiger charge is 2.17. The van der Waals surface area contributed by atoms with E-state index in [2.05, 4.69) is 61.1 Å². The van der Waals surface area contributed by atoms with Gasteiger partial charge in [0.05, 0.1) is 17.6 Å². The van der Waals surface area contributed by atoms with Crippen molar-refractivity contribution in [2.24, 2.45) is 0 Å². The van der Waals surface area contributed by atoms with Gasteiger partial charge >= 0.3 is 0 Å². The van der Waals surface area contributed by atoms with Crippen molar-refractivity contribution in [1.82, 2.24) is 24.7 Å². The number of nitrogens with zero attached hydrogens (tertiary/aromatic N) is 5. The zero-order valence-electron chi connectivity index (χ0n) is 23.8. The van der Waals surface area contributed by atoms with Crippen LogP contribution in [0.1, 0.15) is 36.1 Å². The van der Waals surface area contributed by atoms with E-state index in [1.807, 2.05) is 43.7 Å². The monoisotopic (exact) mass is 539 g/mol. The van der Waals surface area contributed by atoms with E-state index in [1.165, 1.54) is 24.8 Å². The van der Waals surface area contributed by atoms with Crippen LogP contribution in [0.15, 0.2) is 61.6 Å². The number of likely N-dealkylation sites (N-methyl/N-ethyl adjacent to an activating group) is 1. The summed E-state index contributed by atoms with van der Waals surface area (Å²) in [6.45, 7) is 12.4. The molecule has 2 saturated heterocycles. The van der Waals surface area contributed by atoms with Gasteiger partial charge in [-0.2, -0.15) is 0 Å². The number of benzene rings is 1. The van der Waals surface area contributed by atoms with E-state index in [0.29, 0.717) is 11.3 Å². The van der Waals surface area contributed by atoms with Gasteiger partial charge in [-0.15, -0.1) is 0 Å². The molecule has 3 aromatic rings. The van der Waals surface area contributed by atoms with Crippen LogP contribution < -0.4 is 10.6 Å². The number of carbonyl (C=O) groups is 1. The molecule has 1 amide bonds. The number of pyridine rings is 2. The summed E-state index contributed by atoms with van der Waals surface area (Å²) in [6, 6.07) is 12.2. The van der Waals surface area contributed by atoms with Gasteiger partial charge in [-0.1, -0.05) is 19.1 Å². The molecule has 0 radical (unpaired) electrons. The molecule has 4 heterocycles. The van der Waals surface area contributed by atoms with Gasteiger partial charge in [0.15, 0.2) is 0 Å². The highest BCUT2D eigenvalue weighted by atomic mass is 16.1. The van der Waals surface area contributed by atoms with Gasteiger partial charge in [0.2, 0.25) is 0 Å². The Morgan fingerprint density at radius 3 is 2.38 bits per heavy atom. The highest BCUT2D eigenvalue weighted by Crippen LogP contribution is 2.30. The number of hydrogen-bond acceptors (Lipinski definition) is 7. The van der Waals surface area contributed by atoms with Gasteiger partial charge < -0.3 is 15.5 Å². The first-order valence-electron chi connectivity index (χ1n) is 14.3. The van der Waals surface area contributed by atoms with Crippen molar-refractivity contribution < 1.29 is 4.79 Å². The Kier molecular flexibility index (Phi) is 9.21. The van der Waals surface area contributed by atoms with Gasteiger partial charge in [-0.05, 0) is 74.4 Å². The van der Waals surface area contributed by atoms with Crippen molar-refractivity contribution in [2.45, 2.75) is 32.4 Å². The third-order valence-electron chi connectivity index (χ3n) is 7.94. The Labute approximate surface area is 238 Å². The van der Waals surface area contributed by atoms with E-state index in [1.54, 1.807) is 6.20 Å². The van der Waals surface area contributed by atoms with Crippen LogP contribution in [0.25, 0.3) is 16.7 Å². The molecule has 0 spiro atoms. The van der Waals surface area contributed by atoms with E-state index in [-0.39, 0.29) is 5.91 Å². The Balaban J connectivity index is 1.26. The van der Waals surface area contributed by atoms with Crippen LogP contribution in [0.5, 0.6) is 0 Å². The molecule has 40 heavy (non-hydrogen) atoms. The zero-order valence-corrected chi connectivity index (χ0v) is 23.8. The molecular formula is C32H41N7O. The second-order valence-electron chi connectivity index (χ2n) is 11.0. The van der Waals surface area contributed by atoms with Crippen molar-refractivity contribution in [3.63, 3.8) is 0 Å². The third-order valence-corrected chi connectivity index (χ3v) is 7.94. The number of rotatable bonds is 9. The fraction of sp³-hybridized carbons (Fsp3) is 0.406. The van der Waals surface area contributed by atoms with Crippen LogP contribution >= 0.6 is 0 Å². The number of carbonyl (C=O) groups excluding carboxylic acids is 1. The minimum Gasteiger partial charge on any atom is -0.388 e. The van der Waals surface area contributed by atoms with E-state index in [4.69, 9.17) is 0 Å². The molecule has 210 valence electrons. The fourth-order valence-electron chi connectivity index (χ4n) is 5.46. The molecule has 0 saturated carbocycles. The van der Waals surface area contributed by atoms with Crippen LogP contribution in [0, 0.1) is 0 Å². The van der Waals surface area contributed by atoms with Crippen molar-refractivity contribution >= 4 is 22.9 Å². The molecule has 0 bridgehead atoms. The first kappa shape index (κ1) is 28.0. The lowest BCUT2D eigenvalue weighted by atomic mass is 9.97. The number of piperidine rings is 1. The highest BCUT2D eigenvalue weighted by molar-refractivity contribution is 6.25. The average Bonchev–Trinajstić information content (AvgIpc) is 2.99. The second-order valence-corrected chi connectivity index (χ2v) is 11.0. The molecule has 2 fully saturated rings. The molecule has 2 aliphatic heterocycles. The summed E-state index contributed by atoms with van der Waals surface area (Å²) < 4.78 is 0. The first-order valence-corrected chi connectivity index (χ1v) is 14.3. The Hall–Kier alpha value is -3.59. The Bertz CT molecular complexity index is 1310. The maximum Gasteiger partial charge on any atom is 0.255 e. The maximum absolute atomic E-state index is 13.2. The molecule has 1 aromatic carbocycles. The predicted octanol–water partition coefficient (Wildman–Crippen LogP) is 4.57.